The SMILES string of the molecule is COC(=O)Cc1nc(C23CC4CC(CC(C4)C2)C3)no1. The molecule has 1 heterocycles. The van der Waals surface area contributed by atoms with E-state index in [1.807, 2.05) is 0 Å². The fourth-order valence-electron chi connectivity index (χ4n) is 5.12. The van der Waals surface area contributed by atoms with Gasteiger partial charge in [-0.2, -0.15) is 4.98 Å². The summed E-state index contributed by atoms with van der Waals surface area (Å²) in [5.74, 6) is 3.46. The molecule has 1 aromatic rings. The van der Waals surface area contributed by atoms with Gasteiger partial charge in [0.15, 0.2) is 5.82 Å². The second-order valence-corrected chi connectivity index (χ2v) is 6.96. The number of hydrogen-bond donors (Lipinski definition) is 0. The first-order valence-corrected chi connectivity index (χ1v) is 7.57. The Morgan fingerprint density at radius 3 is 2.40 bits per heavy atom. The molecule has 0 radical (unpaired) electrons. The van der Waals surface area contributed by atoms with Crippen LogP contribution in [0.2, 0.25) is 0 Å². The largest absolute Gasteiger partial charge is 0.469 e. The Bertz CT molecular complexity index is 502. The van der Waals surface area contributed by atoms with Crippen LogP contribution in [0, 0.1) is 17.8 Å². The zero-order valence-corrected chi connectivity index (χ0v) is 11.8. The van der Waals surface area contributed by atoms with E-state index in [9.17, 15) is 4.79 Å². The van der Waals surface area contributed by atoms with E-state index in [0.29, 0.717) is 5.89 Å². The lowest BCUT2D eigenvalue weighted by Crippen LogP contribution is -2.49. The quantitative estimate of drug-likeness (QED) is 0.792. The Morgan fingerprint density at radius 2 is 1.85 bits per heavy atom. The monoisotopic (exact) mass is 276 g/mol. The highest BCUT2D eigenvalue weighted by Gasteiger charge is 2.53. The molecule has 4 aliphatic carbocycles. The zero-order valence-electron chi connectivity index (χ0n) is 11.8. The van der Waals surface area contributed by atoms with Crippen LogP contribution in [0.1, 0.15) is 50.2 Å². The molecule has 0 spiro atoms. The molecule has 0 amide bonds. The molecular formula is C15H20N2O3. The minimum Gasteiger partial charge on any atom is -0.469 e. The summed E-state index contributed by atoms with van der Waals surface area (Å²) in [6.45, 7) is 0. The number of methoxy groups -OCH3 is 1. The first-order chi connectivity index (χ1) is 9.67. The van der Waals surface area contributed by atoms with Gasteiger partial charge in [0.1, 0.15) is 6.42 Å². The molecule has 5 heteroatoms. The first kappa shape index (κ1) is 12.4. The molecule has 0 aromatic carbocycles. The molecule has 0 atom stereocenters. The number of rotatable bonds is 3. The van der Waals surface area contributed by atoms with Crippen molar-refractivity contribution >= 4 is 5.97 Å². The van der Waals surface area contributed by atoms with Gasteiger partial charge < -0.3 is 9.26 Å². The summed E-state index contributed by atoms with van der Waals surface area (Å²) in [7, 11) is 1.37. The topological polar surface area (TPSA) is 65.2 Å². The molecule has 20 heavy (non-hydrogen) atoms. The molecule has 5 rings (SSSR count). The van der Waals surface area contributed by atoms with Crippen molar-refractivity contribution in [3.63, 3.8) is 0 Å². The maximum absolute atomic E-state index is 11.3. The van der Waals surface area contributed by atoms with Gasteiger partial charge in [-0.25, -0.2) is 0 Å². The van der Waals surface area contributed by atoms with Crippen molar-refractivity contribution in [1.82, 2.24) is 10.1 Å². The zero-order chi connectivity index (χ0) is 13.7. The fraction of sp³-hybridized carbons (Fsp3) is 0.800. The van der Waals surface area contributed by atoms with Crippen LogP contribution >= 0.6 is 0 Å². The Kier molecular flexibility index (Phi) is 2.66. The van der Waals surface area contributed by atoms with Crippen molar-refractivity contribution in [3.05, 3.63) is 11.7 Å². The number of ether oxygens (including phenoxy) is 1. The maximum Gasteiger partial charge on any atom is 0.315 e. The van der Waals surface area contributed by atoms with E-state index in [1.54, 1.807) is 0 Å². The van der Waals surface area contributed by atoms with Gasteiger partial charge in [0, 0.05) is 5.41 Å². The molecule has 1 aromatic heterocycles. The summed E-state index contributed by atoms with van der Waals surface area (Å²) >= 11 is 0. The fourth-order valence-corrected chi connectivity index (χ4v) is 5.12. The third kappa shape index (κ3) is 1.86. The van der Waals surface area contributed by atoms with Crippen LogP contribution in [0.25, 0.3) is 0 Å². The van der Waals surface area contributed by atoms with E-state index in [-0.39, 0.29) is 17.8 Å². The Morgan fingerprint density at radius 1 is 1.25 bits per heavy atom. The average molecular weight is 276 g/mol. The third-order valence-corrected chi connectivity index (χ3v) is 5.50. The highest BCUT2D eigenvalue weighted by atomic mass is 16.5. The van der Waals surface area contributed by atoms with E-state index in [0.717, 1.165) is 23.6 Å². The highest BCUT2D eigenvalue weighted by molar-refractivity contribution is 5.71. The van der Waals surface area contributed by atoms with Gasteiger partial charge in [-0.05, 0) is 56.3 Å². The van der Waals surface area contributed by atoms with Gasteiger partial charge in [0.2, 0.25) is 5.89 Å². The van der Waals surface area contributed by atoms with E-state index in [1.165, 1.54) is 45.6 Å². The lowest BCUT2D eigenvalue weighted by Gasteiger charge is -2.55. The van der Waals surface area contributed by atoms with Crippen LogP contribution in [0.3, 0.4) is 0 Å². The minimum absolute atomic E-state index is 0.0792. The predicted octanol–water partition coefficient (Wildman–Crippen LogP) is 2.25. The Balaban J connectivity index is 1.59. The second-order valence-electron chi connectivity index (χ2n) is 6.96. The minimum atomic E-state index is -0.328. The lowest BCUT2D eigenvalue weighted by atomic mass is 9.49. The van der Waals surface area contributed by atoms with Crippen LogP contribution in [0.4, 0.5) is 0 Å². The van der Waals surface area contributed by atoms with Gasteiger partial charge in [-0.1, -0.05) is 5.16 Å². The summed E-state index contributed by atoms with van der Waals surface area (Å²) in [6, 6.07) is 0. The van der Waals surface area contributed by atoms with Crippen molar-refractivity contribution in [1.29, 1.82) is 0 Å². The number of esters is 1. The molecular weight excluding hydrogens is 256 g/mol. The van der Waals surface area contributed by atoms with Crippen molar-refractivity contribution in [2.75, 3.05) is 7.11 Å². The molecule has 0 N–H and O–H groups in total. The third-order valence-electron chi connectivity index (χ3n) is 5.50. The standard InChI is InChI=1S/C15H20N2O3/c1-19-13(18)5-12-16-14(17-20-12)15-6-9-2-10(7-15)4-11(3-9)8-15/h9-11H,2-8H2,1H3. The van der Waals surface area contributed by atoms with Crippen molar-refractivity contribution in [2.45, 2.75) is 50.4 Å². The number of aromatic nitrogens is 2. The molecule has 0 unspecified atom stereocenters. The normalized spacial score (nSPS) is 38.1. The number of carbonyl (C=O) groups excluding carboxylic acids is 1. The van der Waals surface area contributed by atoms with Gasteiger partial charge >= 0.3 is 5.97 Å². The average Bonchev–Trinajstić information content (AvgIpc) is 2.86. The van der Waals surface area contributed by atoms with Gasteiger partial charge in [0.25, 0.3) is 0 Å². The molecule has 0 aliphatic heterocycles. The first-order valence-electron chi connectivity index (χ1n) is 7.57. The van der Waals surface area contributed by atoms with Crippen LogP contribution in [0.15, 0.2) is 4.52 Å². The molecule has 5 nitrogen and oxygen atoms in total. The van der Waals surface area contributed by atoms with Gasteiger partial charge in [-0.3, -0.25) is 4.79 Å². The summed E-state index contributed by atoms with van der Waals surface area (Å²) in [5, 5.41) is 4.20. The number of hydrogen-bond acceptors (Lipinski definition) is 5. The molecule has 4 aliphatic rings. The highest BCUT2D eigenvalue weighted by Crippen LogP contribution is 2.60. The van der Waals surface area contributed by atoms with Gasteiger partial charge in [0.05, 0.1) is 7.11 Å². The van der Waals surface area contributed by atoms with E-state index >= 15 is 0 Å². The Hall–Kier alpha value is -1.39. The van der Waals surface area contributed by atoms with Crippen molar-refractivity contribution in [3.8, 4) is 0 Å². The maximum atomic E-state index is 11.3. The lowest BCUT2D eigenvalue weighted by molar-refractivity contribution is -0.140. The van der Waals surface area contributed by atoms with Crippen molar-refractivity contribution in [2.24, 2.45) is 17.8 Å². The summed E-state index contributed by atoms with van der Waals surface area (Å²) < 4.78 is 9.91. The molecule has 4 fully saturated rings. The van der Waals surface area contributed by atoms with Crippen LogP contribution in [-0.2, 0) is 21.4 Å². The van der Waals surface area contributed by atoms with E-state index in [2.05, 4.69) is 14.9 Å². The molecule has 108 valence electrons. The smallest absolute Gasteiger partial charge is 0.315 e. The summed E-state index contributed by atoms with van der Waals surface area (Å²) in [5.41, 5.74) is 0.132. The summed E-state index contributed by atoms with van der Waals surface area (Å²) in [6.07, 6.45) is 7.88. The van der Waals surface area contributed by atoms with Gasteiger partial charge in [-0.15, -0.1) is 0 Å². The number of nitrogens with zero attached hydrogens (tertiary/aromatic N) is 2. The molecule has 4 saturated carbocycles. The molecule has 0 saturated heterocycles. The predicted molar refractivity (Wildman–Crippen MR) is 69.9 cm³/mol. The van der Waals surface area contributed by atoms with Crippen LogP contribution in [-0.4, -0.2) is 23.2 Å². The second kappa shape index (κ2) is 4.30. The summed E-state index contributed by atoms with van der Waals surface area (Å²) in [4.78, 5) is 15.8. The number of carbonyl (C=O) groups is 1. The van der Waals surface area contributed by atoms with Crippen LogP contribution < -0.4 is 0 Å². The van der Waals surface area contributed by atoms with E-state index < -0.39 is 0 Å². The molecule has 4 bridgehead atoms. The van der Waals surface area contributed by atoms with Crippen LogP contribution in [0.5, 0.6) is 0 Å². The van der Waals surface area contributed by atoms with Crippen molar-refractivity contribution < 1.29 is 14.1 Å². The Labute approximate surface area is 118 Å². The van der Waals surface area contributed by atoms with E-state index in [4.69, 9.17) is 4.52 Å².